The number of para-hydroxylation sites is 1. The smallest absolute Gasteiger partial charge is 0.349 e. The van der Waals surface area contributed by atoms with Crippen molar-refractivity contribution < 1.29 is 9.21 Å². The number of nitrogens with one attached hydrogen (secondary N) is 1. The Morgan fingerprint density at radius 3 is 2.67 bits per heavy atom. The van der Waals surface area contributed by atoms with Crippen LogP contribution in [0.4, 0.5) is 0 Å². The van der Waals surface area contributed by atoms with Crippen molar-refractivity contribution in [3.63, 3.8) is 0 Å². The molecular weight excluding hydrogens is 342 g/mol. The molecule has 0 atom stereocenters. The Balaban J connectivity index is 1.41. The van der Waals surface area contributed by atoms with E-state index in [9.17, 15) is 9.59 Å². The molecule has 0 radical (unpaired) electrons. The third kappa shape index (κ3) is 3.64. The summed E-state index contributed by atoms with van der Waals surface area (Å²) in [5.74, 6) is -0.454. The van der Waals surface area contributed by atoms with Crippen LogP contribution in [-0.4, -0.2) is 22.2 Å². The van der Waals surface area contributed by atoms with E-state index in [1.54, 1.807) is 35.1 Å². The number of amides is 1. The summed E-state index contributed by atoms with van der Waals surface area (Å²) in [6, 6.07) is 18.6. The normalized spacial score (nSPS) is 10.8. The van der Waals surface area contributed by atoms with Gasteiger partial charge in [0.2, 0.25) is 0 Å². The maximum Gasteiger partial charge on any atom is 0.349 e. The SMILES string of the molecule is O=C(NCCn1cc(-c2ccccc2)cn1)c1cc2ccccc2oc1=O. The number of carbonyl (C=O) groups excluding carboxylic acids is 1. The second-order valence-electron chi connectivity index (χ2n) is 6.10. The number of carbonyl (C=O) groups is 1. The lowest BCUT2D eigenvalue weighted by atomic mass is 10.1. The largest absolute Gasteiger partial charge is 0.422 e. The minimum Gasteiger partial charge on any atom is -0.422 e. The maximum absolute atomic E-state index is 12.3. The molecule has 0 saturated carbocycles. The molecule has 2 heterocycles. The summed E-state index contributed by atoms with van der Waals surface area (Å²) in [4.78, 5) is 24.3. The van der Waals surface area contributed by atoms with Gasteiger partial charge in [-0.3, -0.25) is 9.48 Å². The minimum atomic E-state index is -0.642. The zero-order valence-electron chi connectivity index (χ0n) is 14.5. The van der Waals surface area contributed by atoms with E-state index in [-0.39, 0.29) is 5.56 Å². The van der Waals surface area contributed by atoms with E-state index in [1.807, 2.05) is 42.6 Å². The molecule has 4 aromatic rings. The quantitative estimate of drug-likeness (QED) is 0.556. The summed E-state index contributed by atoms with van der Waals surface area (Å²) in [6.45, 7) is 0.846. The third-order valence-electron chi connectivity index (χ3n) is 4.25. The fourth-order valence-electron chi connectivity index (χ4n) is 2.86. The molecular formula is C21H17N3O3. The molecule has 1 N–H and O–H groups in total. The topological polar surface area (TPSA) is 77.1 Å². The Kier molecular flexibility index (Phi) is 4.53. The molecule has 0 unspecified atom stereocenters. The van der Waals surface area contributed by atoms with Crippen LogP contribution in [0.1, 0.15) is 10.4 Å². The Labute approximate surface area is 155 Å². The summed E-state index contributed by atoms with van der Waals surface area (Å²) >= 11 is 0. The number of rotatable bonds is 5. The standard InChI is InChI=1S/C21H17N3O3/c25-20(18-12-16-8-4-5-9-19(16)27-21(18)26)22-10-11-24-14-17(13-23-24)15-6-2-1-3-7-15/h1-9,12-14H,10-11H2,(H,22,25). The number of hydrogen-bond acceptors (Lipinski definition) is 4. The van der Waals surface area contributed by atoms with Gasteiger partial charge in [-0.15, -0.1) is 0 Å². The Morgan fingerprint density at radius 1 is 1.04 bits per heavy atom. The number of benzene rings is 2. The Bertz CT molecular complexity index is 1150. The van der Waals surface area contributed by atoms with Crippen LogP contribution < -0.4 is 10.9 Å². The van der Waals surface area contributed by atoms with Gasteiger partial charge < -0.3 is 9.73 Å². The fourth-order valence-corrected chi connectivity index (χ4v) is 2.86. The first-order valence-corrected chi connectivity index (χ1v) is 8.60. The van der Waals surface area contributed by atoms with Gasteiger partial charge in [-0.25, -0.2) is 4.79 Å². The van der Waals surface area contributed by atoms with Crippen molar-refractivity contribution >= 4 is 16.9 Å². The van der Waals surface area contributed by atoms with Crippen molar-refractivity contribution in [1.82, 2.24) is 15.1 Å². The second-order valence-corrected chi connectivity index (χ2v) is 6.10. The lowest BCUT2D eigenvalue weighted by Gasteiger charge is -2.05. The van der Waals surface area contributed by atoms with Gasteiger partial charge in [-0.1, -0.05) is 48.5 Å². The highest BCUT2D eigenvalue weighted by atomic mass is 16.4. The first-order valence-electron chi connectivity index (χ1n) is 8.60. The lowest BCUT2D eigenvalue weighted by molar-refractivity contribution is 0.0948. The van der Waals surface area contributed by atoms with Gasteiger partial charge in [0.25, 0.3) is 5.91 Å². The van der Waals surface area contributed by atoms with E-state index in [0.717, 1.165) is 11.1 Å². The molecule has 1 amide bonds. The van der Waals surface area contributed by atoms with Crippen molar-refractivity contribution in [1.29, 1.82) is 0 Å². The van der Waals surface area contributed by atoms with Gasteiger partial charge in [0.15, 0.2) is 0 Å². The summed E-state index contributed by atoms with van der Waals surface area (Å²) in [7, 11) is 0. The van der Waals surface area contributed by atoms with Crippen LogP contribution in [0.25, 0.3) is 22.1 Å². The van der Waals surface area contributed by atoms with Crippen LogP contribution in [0, 0.1) is 0 Å². The highest BCUT2D eigenvalue weighted by Gasteiger charge is 2.13. The Morgan fingerprint density at radius 2 is 1.81 bits per heavy atom. The number of nitrogens with zero attached hydrogens (tertiary/aromatic N) is 2. The molecule has 0 aliphatic rings. The fraction of sp³-hybridized carbons (Fsp3) is 0.0952. The van der Waals surface area contributed by atoms with Gasteiger partial charge in [0.1, 0.15) is 11.1 Å². The van der Waals surface area contributed by atoms with Gasteiger partial charge >= 0.3 is 5.63 Å². The average Bonchev–Trinajstić information content (AvgIpc) is 3.17. The molecule has 6 heteroatoms. The molecule has 2 aromatic heterocycles. The third-order valence-corrected chi connectivity index (χ3v) is 4.25. The first kappa shape index (κ1) is 16.8. The van der Waals surface area contributed by atoms with Crippen molar-refractivity contribution in [2.75, 3.05) is 6.54 Å². The number of hydrogen-bond donors (Lipinski definition) is 1. The van der Waals surface area contributed by atoms with Crippen LogP contribution in [-0.2, 0) is 6.54 Å². The van der Waals surface area contributed by atoms with Crippen LogP contribution in [0.3, 0.4) is 0 Å². The zero-order valence-corrected chi connectivity index (χ0v) is 14.5. The summed E-state index contributed by atoms with van der Waals surface area (Å²) < 4.78 is 6.95. The molecule has 2 aromatic carbocycles. The monoisotopic (exact) mass is 359 g/mol. The lowest BCUT2D eigenvalue weighted by Crippen LogP contribution is -2.31. The van der Waals surface area contributed by atoms with Gasteiger partial charge in [0, 0.05) is 23.7 Å². The van der Waals surface area contributed by atoms with Gasteiger partial charge in [-0.2, -0.15) is 5.10 Å². The van der Waals surface area contributed by atoms with E-state index in [1.165, 1.54) is 0 Å². The number of fused-ring (bicyclic) bond motifs is 1. The summed E-state index contributed by atoms with van der Waals surface area (Å²) in [5, 5.41) is 7.76. The van der Waals surface area contributed by atoms with Crippen molar-refractivity contribution in [3.05, 3.63) is 89.0 Å². The second kappa shape index (κ2) is 7.29. The van der Waals surface area contributed by atoms with Crippen molar-refractivity contribution in [2.24, 2.45) is 0 Å². The molecule has 0 spiro atoms. The van der Waals surface area contributed by atoms with Crippen LogP contribution in [0.2, 0.25) is 0 Å². The molecule has 0 aliphatic heterocycles. The molecule has 0 aliphatic carbocycles. The van der Waals surface area contributed by atoms with E-state index < -0.39 is 11.5 Å². The number of aromatic nitrogens is 2. The zero-order chi connectivity index (χ0) is 18.6. The van der Waals surface area contributed by atoms with E-state index >= 15 is 0 Å². The van der Waals surface area contributed by atoms with Gasteiger partial charge in [0.05, 0.1) is 12.7 Å². The summed E-state index contributed by atoms with van der Waals surface area (Å²) in [5.41, 5.74) is 1.92. The maximum atomic E-state index is 12.3. The first-order chi connectivity index (χ1) is 13.2. The highest BCUT2D eigenvalue weighted by Crippen LogP contribution is 2.17. The van der Waals surface area contributed by atoms with Crippen LogP contribution >= 0.6 is 0 Å². The Hall–Kier alpha value is -3.67. The molecule has 0 saturated heterocycles. The predicted octanol–water partition coefficient (Wildman–Crippen LogP) is 3.09. The molecule has 27 heavy (non-hydrogen) atoms. The minimum absolute atomic E-state index is 0.000796. The molecule has 6 nitrogen and oxygen atoms in total. The van der Waals surface area contributed by atoms with E-state index in [4.69, 9.17) is 4.42 Å². The molecule has 4 rings (SSSR count). The van der Waals surface area contributed by atoms with E-state index in [2.05, 4.69) is 10.4 Å². The molecule has 134 valence electrons. The van der Waals surface area contributed by atoms with Crippen LogP contribution in [0.5, 0.6) is 0 Å². The van der Waals surface area contributed by atoms with Gasteiger partial charge in [-0.05, 0) is 17.7 Å². The van der Waals surface area contributed by atoms with Crippen molar-refractivity contribution in [2.45, 2.75) is 6.54 Å². The van der Waals surface area contributed by atoms with Crippen LogP contribution in [0.15, 0.2) is 82.3 Å². The predicted molar refractivity (Wildman–Crippen MR) is 102 cm³/mol. The van der Waals surface area contributed by atoms with E-state index in [0.29, 0.717) is 24.1 Å². The molecule has 0 bridgehead atoms. The highest BCUT2D eigenvalue weighted by molar-refractivity contribution is 5.96. The molecule has 0 fully saturated rings. The summed E-state index contributed by atoms with van der Waals surface area (Å²) in [6.07, 6.45) is 3.71. The van der Waals surface area contributed by atoms with Crippen molar-refractivity contribution in [3.8, 4) is 11.1 Å². The average molecular weight is 359 g/mol.